The van der Waals surface area contributed by atoms with Crippen molar-refractivity contribution in [2.45, 2.75) is 112 Å². The van der Waals surface area contributed by atoms with Crippen LogP contribution in [0.4, 0.5) is 0 Å². The van der Waals surface area contributed by atoms with Crippen molar-refractivity contribution in [1.82, 2.24) is 0 Å². The maximum atomic E-state index is 12.6. The van der Waals surface area contributed by atoms with Gasteiger partial charge in [-0.3, -0.25) is 19.2 Å². The summed E-state index contributed by atoms with van der Waals surface area (Å²) >= 11 is 0. The third-order valence-corrected chi connectivity index (χ3v) is 6.58. The smallest absolute Gasteiger partial charge is 0.321 e. The summed E-state index contributed by atoms with van der Waals surface area (Å²) in [6.45, 7) is 15.2. The van der Waals surface area contributed by atoms with E-state index in [-0.39, 0.29) is 60.4 Å². The van der Waals surface area contributed by atoms with Gasteiger partial charge in [-0.25, -0.2) is 0 Å². The second kappa shape index (κ2) is 15.6. The van der Waals surface area contributed by atoms with Crippen LogP contribution in [0.3, 0.4) is 0 Å². The molecule has 0 aromatic heterocycles. The van der Waals surface area contributed by atoms with Crippen molar-refractivity contribution in [3.8, 4) is 11.5 Å². The molecule has 0 aliphatic carbocycles. The average molecular weight is 550 g/mol. The van der Waals surface area contributed by atoms with E-state index in [1.165, 1.54) is 12.1 Å². The number of carboxylic acid groups (broad SMARTS) is 1. The average Bonchev–Trinajstić information content (AvgIpc) is 2.81. The number of benzene rings is 1. The zero-order valence-electron chi connectivity index (χ0n) is 24.7. The molecule has 0 saturated heterocycles. The molecule has 0 aliphatic rings. The van der Waals surface area contributed by atoms with E-state index in [0.29, 0.717) is 5.56 Å². The maximum Gasteiger partial charge on any atom is 0.321 e. The SMILES string of the molecule is CCC(C)CC(=O)Oc1ccc(C(CC(C)OC(=O)CC(C)(C)C)[C@H](N)C(=O)O)cc1OC(=O)CC(C)CC. The molecule has 5 atom stereocenters. The Bertz CT molecular complexity index is 984. The molecule has 0 heterocycles. The van der Waals surface area contributed by atoms with Crippen molar-refractivity contribution in [1.29, 1.82) is 0 Å². The van der Waals surface area contributed by atoms with E-state index >= 15 is 0 Å². The van der Waals surface area contributed by atoms with Crippen molar-refractivity contribution in [3.05, 3.63) is 23.8 Å². The first-order valence-electron chi connectivity index (χ1n) is 13.8. The molecular formula is C30H47NO8. The fourth-order valence-electron chi connectivity index (χ4n) is 3.87. The monoisotopic (exact) mass is 549 g/mol. The standard InChI is InChI=1S/C30H47NO8/c1-9-18(3)13-25(32)38-23-12-11-21(16-24(23)39-26(33)14-19(4)10-2)22(28(31)29(35)36)15-20(5)37-27(34)17-30(6,7)8/h11-12,16,18-20,22,28H,9-10,13-15,17,31H2,1-8H3,(H,35,36)/t18?,19?,20?,22?,28-/m0/s1. The predicted octanol–water partition coefficient (Wildman–Crippen LogP) is 5.62. The number of hydrogen-bond acceptors (Lipinski definition) is 8. The molecule has 0 amide bonds. The van der Waals surface area contributed by atoms with E-state index in [0.717, 1.165) is 12.8 Å². The van der Waals surface area contributed by atoms with E-state index < -0.39 is 36.0 Å². The highest BCUT2D eigenvalue weighted by molar-refractivity contribution is 5.77. The van der Waals surface area contributed by atoms with Crippen LogP contribution in [0.15, 0.2) is 18.2 Å². The van der Waals surface area contributed by atoms with Crippen LogP contribution in [0.1, 0.15) is 105 Å². The van der Waals surface area contributed by atoms with E-state index in [1.54, 1.807) is 13.0 Å². The van der Waals surface area contributed by atoms with Gasteiger partial charge >= 0.3 is 23.9 Å². The summed E-state index contributed by atoms with van der Waals surface area (Å²) in [6, 6.07) is 3.23. The third kappa shape index (κ3) is 12.6. The zero-order valence-corrected chi connectivity index (χ0v) is 24.7. The van der Waals surface area contributed by atoms with Gasteiger partial charge in [0, 0.05) is 18.8 Å². The Balaban J connectivity index is 3.34. The highest BCUT2D eigenvalue weighted by atomic mass is 16.6. The fourth-order valence-corrected chi connectivity index (χ4v) is 3.87. The topological polar surface area (TPSA) is 142 Å². The summed E-state index contributed by atoms with van der Waals surface area (Å²) in [7, 11) is 0. The number of carbonyl (C=O) groups is 4. The molecule has 4 unspecified atom stereocenters. The molecule has 0 fully saturated rings. The van der Waals surface area contributed by atoms with Gasteiger partial charge in [-0.15, -0.1) is 0 Å². The van der Waals surface area contributed by atoms with Crippen LogP contribution >= 0.6 is 0 Å². The van der Waals surface area contributed by atoms with Gasteiger partial charge in [0.15, 0.2) is 11.5 Å². The molecule has 1 aromatic carbocycles. The van der Waals surface area contributed by atoms with Gasteiger partial charge in [-0.2, -0.15) is 0 Å². The molecule has 0 radical (unpaired) electrons. The molecule has 220 valence electrons. The molecule has 1 aromatic rings. The summed E-state index contributed by atoms with van der Waals surface area (Å²) in [4.78, 5) is 49.4. The Morgan fingerprint density at radius 2 is 1.38 bits per heavy atom. The van der Waals surface area contributed by atoms with Gasteiger partial charge in [0.1, 0.15) is 6.04 Å². The van der Waals surface area contributed by atoms with Crippen LogP contribution in [-0.4, -0.2) is 41.1 Å². The highest BCUT2D eigenvalue weighted by Crippen LogP contribution is 2.35. The van der Waals surface area contributed by atoms with Gasteiger partial charge in [-0.05, 0) is 48.3 Å². The quantitative estimate of drug-likeness (QED) is 0.210. The summed E-state index contributed by atoms with van der Waals surface area (Å²) in [5, 5.41) is 9.70. The van der Waals surface area contributed by atoms with Gasteiger partial charge in [0.05, 0.1) is 12.5 Å². The Morgan fingerprint density at radius 3 is 1.85 bits per heavy atom. The lowest BCUT2D eigenvalue weighted by molar-refractivity contribution is -0.151. The largest absolute Gasteiger partial charge is 0.480 e. The molecule has 0 aliphatic heterocycles. The number of esters is 3. The van der Waals surface area contributed by atoms with E-state index in [4.69, 9.17) is 19.9 Å². The van der Waals surface area contributed by atoms with Gasteiger partial charge < -0.3 is 25.1 Å². The first-order chi connectivity index (χ1) is 18.1. The lowest BCUT2D eigenvalue weighted by Gasteiger charge is -2.26. The molecule has 1 rings (SSSR count). The number of carboxylic acids is 1. The van der Waals surface area contributed by atoms with Gasteiger partial charge in [0.25, 0.3) is 0 Å². The summed E-state index contributed by atoms with van der Waals surface area (Å²) in [5.74, 6) is -3.07. The number of carbonyl (C=O) groups excluding carboxylic acids is 3. The second-order valence-corrected chi connectivity index (χ2v) is 11.8. The summed E-state index contributed by atoms with van der Waals surface area (Å²) in [6.07, 6.45) is 1.66. The lowest BCUT2D eigenvalue weighted by Crippen LogP contribution is -2.38. The number of nitrogens with two attached hydrogens (primary N) is 1. The molecule has 0 spiro atoms. The molecule has 9 nitrogen and oxygen atoms in total. The van der Waals surface area contributed by atoms with Crippen LogP contribution < -0.4 is 15.2 Å². The second-order valence-electron chi connectivity index (χ2n) is 11.8. The lowest BCUT2D eigenvalue weighted by atomic mass is 9.86. The van der Waals surface area contributed by atoms with Crippen molar-refractivity contribution >= 4 is 23.9 Å². The third-order valence-electron chi connectivity index (χ3n) is 6.58. The molecule has 0 bridgehead atoms. The molecular weight excluding hydrogens is 502 g/mol. The van der Waals surface area contributed by atoms with Crippen molar-refractivity contribution < 1.29 is 38.5 Å². The molecule has 9 heteroatoms. The predicted molar refractivity (Wildman–Crippen MR) is 148 cm³/mol. The molecule has 0 saturated carbocycles. The summed E-state index contributed by atoms with van der Waals surface area (Å²) < 4.78 is 16.7. The normalized spacial score (nSPS) is 15.4. The van der Waals surface area contributed by atoms with E-state index in [2.05, 4.69) is 0 Å². The van der Waals surface area contributed by atoms with Crippen LogP contribution in [0.5, 0.6) is 11.5 Å². The van der Waals surface area contributed by atoms with Crippen LogP contribution in [0.25, 0.3) is 0 Å². The van der Waals surface area contributed by atoms with Crippen LogP contribution in [0.2, 0.25) is 0 Å². The van der Waals surface area contributed by atoms with Crippen LogP contribution in [0, 0.1) is 17.3 Å². The first kappa shape index (κ1) is 34.1. The number of rotatable bonds is 15. The number of aliphatic carboxylic acids is 1. The first-order valence-corrected chi connectivity index (χ1v) is 13.8. The van der Waals surface area contributed by atoms with Gasteiger partial charge in [-0.1, -0.05) is 67.4 Å². The maximum absolute atomic E-state index is 12.6. The Kier molecular flexibility index (Phi) is 13.6. The fraction of sp³-hybridized carbons (Fsp3) is 0.667. The number of hydrogen-bond donors (Lipinski definition) is 2. The van der Waals surface area contributed by atoms with Crippen molar-refractivity contribution in [2.24, 2.45) is 23.0 Å². The minimum Gasteiger partial charge on any atom is -0.480 e. The molecule has 39 heavy (non-hydrogen) atoms. The Hall–Kier alpha value is -2.94. The Morgan fingerprint density at radius 1 is 0.872 bits per heavy atom. The molecule has 3 N–H and O–H groups in total. The zero-order chi connectivity index (χ0) is 29.9. The summed E-state index contributed by atoms with van der Waals surface area (Å²) in [5.41, 5.74) is 6.26. The minimum absolute atomic E-state index is 0.0123. The van der Waals surface area contributed by atoms with Crippen molar-refractivity contribution in [3.63, 3.8) is 0 Å². The van der Waals surface area contributed by atoms with E-state index in [9.17, 15) is 24.3 Å². The highest BCUT2D eigenvalue weighted by Gasteiger charge is 2.31. The van der Waals surface area contributed by atoms with E-state index in [1.807, 2.05) is 48.5 Å². The Labute approximate surface area is 232 Å². The minimum atomic E-state index is -1.32. The number of ether oxygens (including phenoxy) is 3. The van der Waals surface area contributed by atoms with Crippen molar-refractivity contribution in [2.75, 3.05) is 0 Å². The van der Waals surface area contributed by atoms with Crippen LogP contribution in [-0.2, 0) is 23.9 Å². The van der Waals surface area contributed by atoms with Gasteiger partial charge in [0.2, 0.25) is 0 Å².